The highest BCUT2D eigenvalue weighted by atomic mass is 35.5. The van der Waals surface area contributed by atoms with Gasteiger partial charge >= 0.3 is 0 Å². The molecule has 12 heteroatoms. The molecule has 1 aromatic carbocycles. The number of anilines is 3. The normalized spacial score (nSPS) is 13.3. The molecule has 1 aliphatic heterocycles. The zero-order valence-corrected chi connectivity index (χ0v) is 22.0. The lowest BCUT2D eigenvalue weighted by atomic mass is 10.1. The molecule has 0 aliphatic carbocycles. The summed E-state index contributed by atoms with van der Waals surface area (Å²) >= 11 is 6.07. The number of sulfone groups is 1. The highest BCUT2D eigenvalue weighted by Gasteiger charge is 2.22. The van der Waals surface area contributed by atoms with Gasteiger partial charge < -0.3 is 19.9 Å². The lowest BCUT2D eigenvalue weighted by molar-refractivity contribution is -0.116. The second-order valence-electron chi connectivity index (χ2n) is 8.79. The van der Waals surface area contributed by atoms with E-state index < -0.39 is 15.7 Å². The standard InChI is InChI=1S/C25H27ClFN5O4S/c1-31(10-12-37(2,34)35)8-6-25(33)30-24-14-18(5-7-28-24)32-9-11-36-23-16-29-21(15-22(23)32)19-13-17(26)3-4-20(19)27/h3-5,7,13-16H,6,8-12H2,1-2H3,(H,28,30,33). The summed E-state index contributed by atoms with van der Waals surface area (Å²) in [7, 11) is -1.29. The molecule has 0 radical (unpaired) electrons. The average molecular weight is 548 g/mol. The third-order valence-electron chi connectivity index (χ3n) is 5.80. The van der Waals surface area contributed by atoms with Crippen LogP contribution in [0, 0.1) is 5.82 Å². The summed E-state index contributed by atoms with van der Waals surface area (Å²) < 4.78 is 42.9. The predicted octanol–water partition coefficient (Wildman–Crippen LogP) is 3.77. The van der Waals surface area contributed by atoms with E-state index in [1.807, 2.05) is 11.0 Å². The summed E-state index contributed by atoms with van der Waals surface area (Å²) in [6.45, 7) is 1.71. The minimum Gasteiger partial charge on any atom is -0.488 e. The fourth-order valence-corrected chi connectivity index (χ4v) is 4.63. The highest BCUT2D eigenvalue weighted by molar-refractivity contribution is 7.90. The van der Waals surface area contributed by atoms with Crippen molar-refractivity contribution < 1.29 is 22.3 Å². The summed E-state index contributed by atoms with van der Waals surface area (Å²) in [6.07, 6.45) is 4.52. The van der Waals surface area contributed by atoms with Gasteiger partial charge in [-0.25, -0.2) is 17.8 Å². The lowest BCUT2D eigenvalue weighted by Gasteiger charge is -2.31. The SMILES string of the molecule is CN(CCC(=O)Nc1cc(N2CCOc3cnc(-c4cc(Cl)ccc4F)cc32)ccn1)CCS(C)(=O)=O. The first-order valence-corrected chi connectivity index (χ1v) is 14.0. The molecule has 0 fully saturated rings. The maximum atomic E-state index is 14.5. The smallest absolute Gasteiger partial charge is 0.226 e. The minimum absolute atomic E-state index is 0.0386. The van der Waals surface area contributed by atoms with Crippen LogP contribution in [-0.2, 0) is 14.6 Å². The molecule has 0 saturated carbocycles. The van der Waals surface area contributed by atoms with Crippen LogP contribution in [0.25, 0.3) is 11.3 Å². The van der Waals surface area contributed by atoms with E-state index in [-0.39, 0.29) is 23.6 Å². The van der Waals surface area contributed by atoms with Gasteiger partial charge in [0.2, 0.25) is 5.91 Å². The molecule has 0 atom stereocenters. The Hall–Kier alpha value is -3.28. The summed E-state index contributed by atoms with van der Waals surface area (Å²) in [6, 6.07) is 9.61. The molecule has 0 unspecified atom stereocenters. The van der Waals surface area contributed by atoms with Gasteiger partial charge in [0, 0.05) is 54.3 Å². The average Bonchev–Trinajstić information content (AvgIpc) is 2.86. The maximum absolute atomic E-state index is 14.5. The number of carbonyl (C=O) groups excluding carboxylic acids is 1. The van der Waals surface area contributed by atoms with Gasteiger partial charge in [0.05, 0.1) is 29.9 Å². The Bertz CT molecular complexity index is 1410. The van der Waals surface area contributed by atoms with Crippen molar-refractivity contribution in [2.75, 3.05) is 55.5 Å². The van der Waals surface area contributed by atoms with Crippen molar-refractivity contribution in [3.63, 3.8) is 0 Å². The number of fused-ring (bicyclic) bond motifs is 1. The van der Waals surface area contributed by atoms with Crippen molar-refractivity contribution in [1.29, 1.82) is 0 Å². The second kappa shape index (κ2) is 11.4. The molecule has 3 heterocycles. The number of halogens is 2. The van der Waals surface area contributed by atoms with Crippen LogP contribution < -0.4 is 15.0 Å². The van der Waals surface area contributed by atoms with Gasteiger partial charge in [0.25, 0.3) is 0 Å². The monoisotopic (exact) mass is 547 g/mol. The molecule has 9 nitrogen and oxygen atoms in total. The van der Waals surface area contributed by atoms with E-state index in [2.05, 4.69) is 15.3 Å². The number of hydrogen-bond acceptors (Lipinski definition) is 8. The van der Waals surface area contributed by atoms with E-state index in [4.69, 9.17) is 16.3 Å². The largest absolute Gasteiger partial charge is 0.488 e. The fourth-order valence-electron chi connectivity index (χ4n) is 3.82. The molecule has 0 saturated heterocycles. The molecule has 2 aromatic heterocycles. The molecule has 1 N–H and O–H groups in total. The van der Waals surface area contributed by atoms with E-state index in [1.54, 1.807) is 36.5 Å². The van der Waals surface area contributed by atoms with Gasteiger partial charge in [-0.1, -0.05) is 11.6 Å². The Labute approximate surface area is 220 Å². The van der Waals surface area contributed by atoms with Gasteiger partial charge in [-0.2, -0.15) is 0 Å². The van der Waals surface area contributed by atoms with Gasteiger partial charge in [-0.05, 0) is 37.4 Å². The molecule has 196 valence electrons. The number of nitrogens with one attached hydrogen (secondary N) is 1. The van der Waals surface area contributed by atoms with Crippen molar-refractivity contribution >= 4 is 44.5 Å². The Kier molecular flexibility index (Phi) is 8.25. The first kappa shape index (κ1) is 26.8. The minimum atomic E-state index is -3.06. The van der Waals surface area contributed by atoms with Crippen LogP contribution in [-0.4, -0.2) is 74.5 Å². The van der Waals surface area contributed by atoms with E-state index in [9.17, 15) is 17.6 Å². The Morgan fingerprint density at radius 1 is 1.22 bits per heavy atom. The molecule has 3 aromatic rings. The number of ether oxygens (including phenoxy) is 1. The van der Waals surface area contributed by atoms with Gasteiger partial charge in [-0.3, -0.25) is 9.78 Å². The second-order valence-corrected chi connectivity index (χ2v) is 11.5. The van der Waals surface area contributed by atoms with Gasteiger partial charge in [0.15, 0.2) is 5.75 Å². The number of benzene rings is 1. The van der Waals surface area contributed by atoms with Crippen molar-refractivity contribution in [2.24, 2.45) is 0 Å². The number of aromatic nitrogens is 2. The van der Waals surface area contributed by atoms with Crippen molar-refractivity contribution in [2.45, 2.75) is 6.42 Å². The Morgan fingerprint density at radius 2 is 2.03 bits per heavy atom. The lowest BCUT2D eigenvalue weighted by Crippen LogP contribution is -2.29. The molecular formula is C25H27ClFN5O4S. The van der Waals surface area contributed by atoms with E-state index >= 15 is 0 Å². The van der Waals surface area contributed by atoms with Crippen LogP contribution in [0.3, 0.4) is 0 Å². The Balaban J connectivity index is 1.48. The molecule has 1 amide bonds. The van der Waals surface area contributed by atoms with Crippen molar-refractivity contribution in [3.8, 4) is 17.0 Å². The maximum Gasteiger partial charge on any atom is 0.226 e. The van der Waals surface area contributed by atoms with Crippen LogP contribution >= 0.6 is 11.6 Å². The van der Waals surface area contributed by atoms with Gasteiger partial charge in [0.1, 0.15) is 28.1 Å². The van der Waals surface area contributed by atoms with E-state index in [0.717, 1.165) is 5.69 Å². The molecular weight excluding hydrogens is 521 g/mol. The van der Waals surface area contributed by atoms with Gasteiger partial charge in [-0.15, -0.1) is 0 Å². The summed E-state index contributed by atoms with van der Waals surface area (Å²) in [5.41, 5.74) is 2.16. The zero-order valence-electron chi connectivity index (χ0n) is 20.4. The zero-order chi connectivity index (χ0) is 26.6. The number of amides is 1. The summed E-state index contributed by atoms with van der Waals surface area (Å²) in [5.74, 6) is 0.301. The topological polar surface area (TPSA) is 105 Å². The van der Waals surface area contributed by atoms with Crippen LogP contribution in [0.2, 0.25) is 5.02 Å². The first-order chi connectivity index (χ1) is 17.6. The molecule has 4 rings (SSSR count). The van der Waals surface area contributed by atoms with E-state index in [1.165, 1.54) is 24.5 Å². The number of pyridine rings is 2. The molecule has 37 heavy (non-hydrogen) atoms. The predicted molar refractivity (Wildman–Crippen MR) is 142 cm³/mol. The van der Waals surface area contributed by atoms with E-state index in [0.29, 0.717) is 54.2 Å². The number of rotatable bonds is 9. The van der Waals surface area contributed by atoms with Crippen molar-refractivity contribution in [3.05, 3.63) is 59.6 Å². The van der Waals surface area contributed by atoms with Crippen LogP contribution in [0.4, 0.5) is 21.6 Å². The number of nitrogens with zero attached hydrogens (tertiary/aromatic N) is 4. The summed E-state index contributed by atoms with van der Waals surface area (Å²) in [5, 5.41) is 3.20. The van der Waals surface area contributed by atoms with Crippen LogP contribution in [0.1, 0.15) is 6.42 Å². The van der Waals surface area contributed by atoms with Crippen molar-refractivity contribution in [1.82, 2.24) is 14.9 Å². The molecule has 0 spiro atoms. The van der Waals surface area contributed by atoms with Crippen LogP contribution in [0.5, 0.6) is 5.75 Å². The third-order valence-corrected chi connectivity index (χ3v) is 6.96. The van der Waals surface area contributed by atoms with Crippen LogP contribution in [0.15, 0.2) is 48.8 Å². The third kappa shape index (κ3) is 7.15. The number of hydrogen-bond donors (Lipinski definition) is 1. The quantitative estimate of drug-likeness (QED) is 0.432. The molecule has 0 bridgehead atoms. The number of carbonyl (C=O) groups is 1. The first-order valence-electron chi connectivity index (χ1n) is 11.6. The highest BCUT2D eigenvalue weighted by Crippen LogP contribution is 2.39. The molecule has 1 aliphatic rings. The Morgan fingerprint density at radius 3 is 2.81 bits per heavy atom. The fraction of sp³-hybridized carbons (Fsp3) is 0.320. The summed E-state index contributed by atoms with van der Waals surface area (Å²) in [4.78, 5) is 24.9.